The number of aryl methyl sites for hydroxylation is 1. The van der Waals surface area contributed by atoms with Crippen LogP contribution in [0.25, 0.3) is 10.9 Å². The van der Waals surface area contributed by atoms with Gasteiger partial charge in [-0.1, -0.05) is 18.2 Å². The van der Waals surface area contributed by atoms with E-state index in [4.69, 9.17) is 0 Å². The second-order valence-corrected chi connectivity index (χ2v) is 6.22. The van der Waals surface area contributed by atoms with Crippen molar-refractivity contribution < 1.29 is 22.8 Å². The van der Waals surface area contributed by atoms with E-state index in [2.05, 4.69) is 15.6 Å². The van der Waals surface area contributed by atoms with Crippen molar-refractivity contribution in [2.45, 2.75) is 20.0 Å². The number of carbonyl (C=O) groups excluding carboxylic acids is 2. The molecule has 0 aliphatic rings. The number of rotatable bonds is 3. The van der Waals surface area contributed by atoms with E-state index < -0.39 is 29.2 Å². The quantitative estimate of drug-likeness (QED) is 0.680. The van der Waals surface area contributed by atoms with E-state index in [0.717, 1.165) is 12.1 Å². The molecule has 2 N–H and O–H groups in total. The summed E-state index contributed by atoms with van der Waals surface area (Å²) in [4.78, 5) is 28.2. The van der Waals surface area contributed by atoms with Crippen LogP contribution in [0, 0.1) is 6.92 Å². The van der Waals surface area contributed by atoms with Crippen LogP contribution in [0.15, 0.2) is 48.5 Å². The molecule has 0 aliphatic heterocycles. The lowest BCUT2D eigenvalue weighted by Crippen LogP contribution is -2.18. The summed E-state index contributed by atoms with van der Waals surface area (Å²) in [6, 6.07) is 11.6. The standard InChI is InChI=1S/C20H16F3N3O2/c1-11-9-15(14-5-3-4-6-17(14)24-11)19(28)26-18-8-7-13(25-12(2)27)10-16(18)20(21,22)23/h3-10H,1-2H3,(H,25,27)(H,26,28). The molecule has 1 heterocycles. The fraction of sp³-hybridized carbons (Fsp3) is 0.150. The monoisotopic (exact) mass is 387 g/mol. The highest BCUT2D eigenvalue weighted by Gasteiger charge is 2.34. The van der Waals surface area contributed by atoms with Crippen molar-refractivity contribution in [2.75, 3.05) is 10.6 Å². The zero-order chi connectivity index (χ0) is 20.5. The number of aromatic nitrogens is 1. The Balaban J connectivity index is 2.02. The van der Waals surface area contributed by atoms with Gasteiger partial charge in [0.2, 0.25) is 5.91 Å². The molecule has 0 fully saturated rings. The molecular formula is C20H16F3N3O2. The normalized spacial score (nSPS) is 11.3. The largest absolute Gasteiger partial charge is 0.418 e. The van der Waals surface area contributed by atoms with Gasteiger partial charge in [-0.05, 0) is 37.3 Å². The van der Waals surface area contributed by atoms with Crippen molar-refractivity contribution in [3.8, 4) is 0 Å². The number of nitrogens with one attached hydrogen (secondary N) is 2. The number of fused-ring (bicyclic) bond motifs is 1. The Morgan fingerprint density at radius 1 is 1.00 bits per heavy atom. The summed E-state index contributed by atoms with van der Waals surface area (Å²) in [5.74, 6) is -1.18. The Bertz CT molecular complexity index is 1080. The molecule has 2 aromatic carbocycles. The lowest BCUT2D eigenvalue weighted by molar-refractivity contribution is -0.137. The first-order valence-corrected chi connectivity index (χ1v) is 8.32. The molecule has 3 aromatic rings. The van der Waals surface area contributed by atoms with E-state index in [1.807, 2.05) is 0 Å². The first-order chi connectivity index (χ1) is 13.1. The van der Waals surface area contributed by atoms with Gasteiger partial charge >= 0.3 is 6.18 Å². The lowest BCUT2D eigenvalue weighted by Gasteiger charge is -2.16. The highest BCUT2D eigenvalue weighted by molar-refractivity contribution is 6.12. The zero-order valence-electron chi connectivity index (χ0n) is 15.0. The molecule has 2 amide bonds. The third-order valence-corrected chi connectivity index (χ3v) is 3.98. The summed E-state index contributed by atoms with van der Waals surface area (Å²) in [6.07, 6.45) is -4.71. The van der Waals surface area contributed by atoms with Crippen molar-refractivity contribution in [1.29, 1.82) is 0 Å². The predicted octanol–water partition coefficient (Wildman–Crippen LogP) is 4.77. The van der Waals surface area contributed by atoms with Crippen molar-refractivity contribution in [2.24, 2.45) is 0 Å². The van der Waals surface area contributed by atoms with E-state index in [1.165, 1.54) is 19.1 Å². The van der Waals surface area contributed by atoms with Gasteiger partial charge in [0.05, 0.1) is 22.3 Å². The zero-order valence-corrected chi connectivity index (χ0v) is 15.0. The topological polar surface area (TPSA) is 71.1 Å². The minimum Gasteiger partial charge on any atom is -0.326 e. The van der Waals surface area contributed by atoms with Crippen molar-refractivity contribution in [1.82, 2.24) is 4.98 Å². The van der Waals surface area contributed by atoms with Crippen LogP contribution in [0.5, 0.6) is 0 Å². The van der Waals surface area contributed by atoms with Crippen LogP contribution in [-0.4, -0.2) is 16.8 Å². The highest BCUT2D eigenvalue weighted by Crippen LogP contribution is 2.37. The molecule has 5 nitrogen and oxygen atoms in total. The van der Waals surface area contributed by atoms with E-state index in [0.29, 0.717) is 16.6 Å². The van der Waals surface area contributed by atoms with Crippen molar-refractivity contribution in [3.05, 3.63) is 65.4 Å². The number of para-hydroxylation sites is 1. The molecule has 0 atom stereocenters. The van der Waals surface area contributed by atoms with Gasteiger partial charge in [-0.2, -0.15) is 13.2 Å². The Labute approximate surface area is 158 Å². The number of hydrogen-bond acceptors (Lipinski definition) is 3. The minimum absolute atomic E-state index is 0.0111. The van der Waals surface area contributed by atoms with Gasteiger partial charge in [0.15, 0.2) is 0 Å². The van der Waals surface area contributed by atoms with Gasteiger partial charge in [-0.3, -0.25) is 14.6 Å². The molecule has 0 unspecified atom stereocenters. The Morgan fingerprint density at radius 2 is 1.71 bits per heavy atom. The van der Waals surface area contributed by atoms with E-state index in [1.54, 1.807) is 31.2 Å². The average molecular weight is 387 g/mol. The number of nitrogens with zero attached hydrogens (tertiary/aromatic N) is 1. The van der Waals surface area contributed by atoms with Gasteiger partial charge in [0.25, 0.3) is 5.91 Å². The summed E-state index contributed by atoms with van der Waals surface area (Å²) >= 11 is 0. The van der Waals surface area contributed by atoms with Crippen LogP contribution >= 0.6 is 0 Å². The van der Waals surface area contributed by atoms with Crippen LogP contribution in [0.1, 0.15) is 28.5 Å². The maximum Gasteiger partial charge on any atom is 0.418 e. The van der Waals surface area contributed by atoms with Gasteiger partial charge < -0.3 is 10.6 Å². The lowest BCUT2D eigenvalue weighted by atomic mass is 10.1. The van der Waals surface area contributed by atoms with Gasteiger partial charge in [-0.15, -0.1) is 0 Å². The number of hydrogen-bond donors (Lipinski definition) is 2. The second kappa shape index (κ2) is 7.30. The number of pyridine rings is 1. The van der Waals surface area contributed by atoms with Crippen molar-refractivity contribution >= 4 is 34.1 Å². The number of alkyl halides is 3. The maximum absolute atomic E-state index is 13.5. The number of benzene rings is 2. The predicted molar refractivity (Wildman–Crippen MR) is 100 cm³/mol. The SMILES string of the molecule is CC(=O)Nc1ccc(NC(=O)c2cc(C)nc3ccccc23)c(C(F)(F)F)c1. The smallest absolute Gasteiger partial charge is 0.326 e. The first kappa shape index (κ1) is 19.3. The van der Waals surface area contributed by atoms with E-state index in [9.17, 15) is 22.8 Å². The van der Waals surface area contributed by atoms with E-state index >= 15 is 0 Å². The third kappa shape index (κ3) is 4.11. The Morgan fingerprint density at radius 3 is 2.39 bits per heavy atom. The summed E-state index contributed by atoms with van der Waals surface area (Å²) in [5.41, 5.74) is -0.0943. The molecule has 0 radical (unpaired) electrons. The number of halogens is 3. The second-order valence-electron chi connectivity index (χ2n) is 6.22. The maximum atomic E-state index is 13.5. The van der Waals surface area contributed by atoms with Gasteiger partial charge in [-0.25, -0.2) is 0 Å². The fourth-order valence-corrected chi connectivity index (χ4v) is 2.85. The van der Waals surface area contributed by atoms with Crippen LogP contribution in [0.4, 0.5) is 24.5 Å². The van der Waals surface area contributed by atoms with Crippen molar-refractivity contribution in [3.63, 3.8) is 0 Å². The molecule has 0 bridgehead atoms. The number of amides is 2. The minimum atomic E-state index is -4.71. The highest BCUT2D eigenvalue weighted by atomic mass is 19.4. The molecule has 0 spiro atoms. The van der Waals surface area contributed by atoms with Gasteiger partial charge in [0.1, 0.15) is 0 Å². The van der Waals surface area contributed by atoms with Crippen LogP contribution in [0.3, 0.4) is 0 Å². The Kier molecular flexibility index (Phi) is 5.04. The molecule has 0 aliphatic carbocycles. The summed E-state index contributed by atoms with van der Waals surface area (Å²) < 4.78 is 40.4. The average Bonchev–Trinajstić information content (AvgIpc) is 2.60. The third-order valence-electron chi connectivity index (χ3n) is 3.98. The van der Waals surface area contributed by atoms with Crippen LogP contribution in [0.2, 0.25) is 0 Å². The molecule has 0 saturated carbocycles. The Hall–Kier alpha value is -3.42. The van der Waals surface area contributed by atoms with Gasteiger partial charge in [0, 0.05) is 23.7 Å². The summed E-state index contributed by atoms with van der Waals surface area (Å²) in [7, 11) is 0. The molecule has 8 heteroatoms. The molecule has 144 valence electrons. The van der Waals surface area contributed by atoms with Crippen LogP contribution in [-0.2, 0) is 11.0 Å². The molecule has 28 heavy (non-hydrogen) atoms. The molecule has 1 aromatic heterocycles. The van der Waals surface area contributed by atoms with E-state index in [-0.39, 0.29) is 11.3 Å². The van der Waals surface area contributed by atoms with Crippen LogP contribution < -0.4 is 10.6 Å². The molecular weight excluding hydrogens is 371 g/mol. The molecule has 3 rings (SSSR count). The number of anilines is 2. The summed E-state index contributed by atoms with van der Waals surface area (Å²) in [6.45, 7) is 2.90. The number of carbonyl (C=O) groups is 2. The first-order valence-electron chi connectivity index (χ1n) is 8.32. The fourth-order valence-electron chi connectivity index (χ4n) is 2.85. The molecule has 0 saturated heterocycles. The summed E-state index contributed by atoms with van der Waals surface area (Å²) in [5, 5.41) is 5.17.